The van der Waals surface area contributed by atoms with Gasteiger partial charge in [-0.3, -0.25) is 0 Å². The van der Waals surface area contributed by atoms with Crippen molar-refractivity contribution < 1.29 is 37.3 Å². The number of hydrogen-bond donors (Lipinski definition) is 5. The fourth-order valence-corrected chi connectivity index (χ4v) is 16.2. The number of aliphatic hydroxyl groups is 1. The Kier molecular flexibility index (Phi) is 47.3. The van der Waals surface area contributed by atoms with Gasteiger partial charge in [0.2, 0.25) is 0 Å². The van der Waals surface area contributed by atoms with E-state index in [4.69, 9.17) is 42.7 Å². The molecule has 0 spiro atoms. The molecule has 9 aromatic carbocycles. The predicted octanol–water partition coefficient (Wildman–Crippen LogP) is 13.1. The molecule has 93 heavy (non-hydrogen) atoms. The predicted molar refractivity (Wildman–Crippen MR) is 393 cm³/mol. The van der Waals surface area contributed by atoms with Gasteiger partial charge in [-0.2, -0.15) is 10.5 Å². The summed E-state index contributed by atoms with van der Waals surface area (Å²) in [7, 11) is 3.23. The zero-order valence-electron chi connectivity index (χ0n) is 54.0. The first-order valence-corrected chi connectivity index (χ1v) is 36.2. The zero-order chi connectivity index (χ0) is 67.0. The molecule has 11 nitrogen and oxygen atoms in total. The van der Waals surface area contributed by atoms with Crippen LogP contribution in [0.25, 0.3) is 0 Å². The van der Waals surface area contributed by atoms with E-state index >= 15 is 0 Å². The second-order valence-electron chi connectivity index (χ2n) is 21.7. The van der Waals surface area contributed by atoms with Crippen LogP contribution in [-0.2, 0) is 26.8 Å². The molecule has 11 rings (SSSR count). The largest absolute Gasteiger partial charge is 0.0622 e. The number of hydrogen-bond acceptors (Lipinski definition) is 9. The van der Waals surface area contributed by atoms with Gasteiger partial charge in [0.1, 0.15) is 11.3 Å². The summed E-state index contributed by atoms with van der Waals surface area (Å²) in [6.45, 7) is 14.5. The van der Waals surface area contributed by atoms with Crippen molar-refractivity contribution in [3.05, 3.63) is 280 Å². The molecule has 12 N–H and O–H groups in total. The van der Waals surface area contributed by atoms with Crippen LogP contribution in [-0.4, -0.2) is 39.6 Å². The number of nitrogens with zero attached hydrogens (tertiary/aromatic N) is 3. The number of carbonyl (C=O) groups excluding carboxylic acids is 1. The van der Waals surface area contributed by atoms with Crippen LogP contribution in [0.2, 0.25) is 0 Å². The Morgan fingerprint density at radius 1 is 0.473 bits per heavy atom. The first-order chi connectivity index (χ1) is 44.2. The maximum absolute atomic E-state index is 9.44. The Morgan fingerprint density at radius 2 is 0.624 bits per heavy atom. The minimum Gasteiger partial charge on any atom is -0.0622 e. The number of nitrogens with two attached hydrogens (primary N) is 3. The summed E-state index contributed by atoms with van der Waals surface area (Å²) in [6.07, 6.45) is 11.0. The monoisotopic (exact) mass is 1410 g/mol. The number of halogens is 1. The van der Waals surface area contributed by atoms with E-state index in [1.165, 1.54) is 87.3 Å². The van der Waals surface area contributed by atoms with Gasteiger partial charge in [-0.1, -0.05) is 312 Å². The molecule has 9 aromatic rings. The Balaban J connectivity index is 0.00000109. The van der Waals surface area contributed by atoms with Gasteiger partial charge in [0.05, 0.1) is 24.3 Å². The summed E-state index contributed by atoms with van der Waals surface area (Å²) < 4.78 is 7.50. The number of Topliss-reactive ketones (excluding diaryl/α,β-unsaturated/α-hetero) is 1. The van der Waals surface area contributed by atoms with Crippen molar-refractivity contribution in [2.24, 2.45) is 17.2 Å². The topological polar surface area (TPSA) is 273 Å². The Bertz CT molecular complexity index is 2830. The van der Waals surface area contributed by atoms with Gasteiger partial charge >= 0.3 is 38.3 Å². The molecule has 0 bridgehead atoms. The molecule has 16 heteroatoms. The van der Waals surface area contributed by atoms with Crippen LogP contribution in [0, 0.1) is 41.1 Å². The molecular weight excluding hydrogens is 1320 g/mol. The van der Waals surface area contributed by atoms with Crippen LogP contribution in [0.3, 0.4) is 0 Å². The second-order valence-corrected chi connectivity index (χ2v) is 28.3. The molecule has 0 heterocycles. The van der Waals surface area contributed by atoms with Crippen molar-refractivity contribution in [3.8, 4) is 18.7 Å². The maximum atomic E-state index is 9.44. The molecular formula is C77H92ClN7O4P3Ru. The molecule has 0 aliphatic heterocycles. The van der Waals surface area contributed by atoms with Gasteiger partial charge in [0.15, 0.2) is 0 Å². The van der Waals surface area contributed by atoms with Crippen molar-refractivity contribution in [1.82, 2.24) is 6.15 Å². The van der Waals surface area contributed by atoms with Crippen LogP contribution in [0.4, 0.5) is 0 Å². The number of benzene rings is 9. The van der Waals surface area contributed by atoms with Crippen molar-refractivity contribution in [3.63, 3.8) is 0 Å². The molecule has 2 fully saturated rings. The molecule has 0 unspecified atom stereocenters. The van der Waals surface area contributed by atoms with Gasteiger partial charge in [0.25, 0.3) is 0 Å². The molecule has 0 aromatic heterocycles. The SMILES string of the molecule is C#N.CC(C)(N)C#N.CC(C)=O.N.N#CC1(N)CCCCC1.NC1(CO)CCCCC1.O.[C-]#[O+].[Cl][Ru].c1ccc(P(c2ccccc2)c2ccccc2)cc1.c1ccc(P(c2ccccc2)c2ccccc2)cc1.c1ccc(P(c2ccccc2)c2ccccc2)cc1. The van der Waals surface area contributed by atoms with Crippen LogP contribution in [0.5, 0.6) is 0 Å². The molecule has 0 atom stereocenters. The van der Waals surface area contributed by atoms with E-state index < -0.39 is 34.8 Å². The summed E-state index contributed by atoms with van der Waals surface area (Å²) >= 11 is 1.82. The first kappa shape index (κ1) is 85.8. The fraction of sp³-hybridized carbons (Fsp3) is 0.234. The third-order valence-electron chi connectivity index (χ3n) is 13.6. The second kappa shape index (κ2) is 51.3. The molecule has 2 aliphatic carbocycles. The van der Waals surface area contributed by atoms with Gasteiger partial charge < -0.3 is 38.7 Å². The third-order valence-corrected chi connectivity index (χ3v) is 20.9. The van der Waals surface area contributed by atoms with Gasteiger partial charge in [-0.15, -0.1) is 0 Å². The number of ketones is 1. The molecule has 2 aliphatic rings. The van der Waals surface area contributed by atoms with E-state index in [1.54, 1.807) is 13.8 Å². The quantitative estimate of drug-likeness (QED) is 0.0376. The van der Waals surface area contributed by atoms with Crippen LogP contribution in [0.15, 0.2) is 273 Å². The minimum atomic E-state index is -0.653. The summed E-state index contributed by atoms with van der Waals surface area (Å²) in [6, 6.07) is 101. The molecule has 0 amide bonds. The van der Waals surface area contributed by atoms with Crippen molar-refractivity contribution in [1.29, 1.82) is 15.8 Å². The van der Waals surface area contributed by atoms with E-state index in [0.717, 1.165) is 38.5 Å². The van der Waals surface area contributed by atoms with Crippen LogP contribution < -0.4 is 71.1 Å². The molecule has 0 radical (unpaired) electrons. The van der Waals surface area contributed by atoms with Crippen molar-refractivity contribution in [2.45, 2.75) is 109 Å². The summed E-state index contributed by atoms with van der Waals surface area (Å²) in [5, 5.41) is 44.5. The minimum absolute atomic E-state index is 0. The number of rotatable bonds is 10. The normalized spacial score (nSPS) is 12.5. The zero-order valence-corrected chi connectivity index (χ0v) is 59.1. The van der Waals surface area contributed by atoms with Gasteiger partial charge in [0, 0.05) is 12.1 Å². The van der Waals surface area contributed by atoms with E-state index in [-0.39, 0.29) is 29.6 Å². The van der Waals surface area contributed by atoms with Gasteiger partial charge in [-0.05, 0) is 125 Å². The Morgan fingerprint density at radius 3 is 0.731 bits per heavy atom. The van der Waals surface area contributed by atoms with Gasteiger partial charge in [-0.25, -0.2) is 5.26 Å². The first-order valence-electron chi connectivity index (χ1n) is 29.9. The smallest absolute Gasteiger partial charge is 0.0134 e. The molecule has 489 valence electrons. The van der Waals surface area contributed by atoms with Crippen molar-refractivity contribution in [2.75, 3.05) is 6.61 Å². The average Bonchev–Trinajstić information content (AvgIpc) is 1.01. The Labute approximate surface area is 573 Å². The Hall–Kier alpha value is -7.18. The molecule has 2 saturated carbocycles. The maximum Gasteiger partial charge on any atom is -0.0134 e. The van der Waals surface area contributed by atoms with Crippen LogP contribution >= 0.6 is 33.5 Å². The number of aliphatic hydroxyl groups excluding tert-OH is 1. The third kappa shape index (κ3) is 34.5. The van der Waals surface area contributed by atoms with E-state index in [0.29, 0.717) is 0 Å². The number of carbonyl (C=O) groups is 1. The summed E-state index contributed by atoms with van der Waals surface area (Å²) in [4.78, 5) is 9.44. The van der Waals surface area contributed by atoms with Crippen LogP contribution in [0.1, 0.15) is 91.9 Å². The van der Waals surface area contributed by atoms with E-state index in [9.17, 15) is 4.79 Å². The van der Waals surface area contributed by atoms with E-state index in [2.05, 4.69) is 302 Å². The average molecular weight is 1410 g/mol. The summed E-state index contributed by atoms with van der Waals surface area (Å²) in [5.74, 6) is 0.167. The van der Waals surface area contributed by atoms with Crippen molar-refractivity contribution >= 4 is 87.0 Å². The summed E-state index contributed by atoms with van der Waals surface area (Å²) in [5.41, 5.74) is 15.3. The fourth-order valence-electron chi connectivity index (χ4n) is 9.24. The standard InChI is InChI=1S/3C18H15P.C7H12N2.C7H15NO.C4H8N2.C3H6O.CHN.CO.ClH.H3N.H2O.Ru/c3*1-4-10-16(11-5-1)19(17-12-6-2-7-13-17)18-14-8-3-9-15-18;8-6-7(9)4-2-1-3-5-7;8-7(6-9)4-2-1-3-5-7;1-4(2,6)3-5;1-3(2)4;2*1-2;;;;/h3*1-15H;1-5,9H2;9H,1-6,8H2;6H2,1-2H3;1-2H3;1H;;1H;1H3;1H2;/q;;;;;;;;;;;;+1/p-1. The molecule has 0 saturated heterocycles. The number of nitriles is 3. The van der Waals surface area contributed by atoms with E-state index in [1.807, 2.05) is 23.4 Å².